The van der Waals surface area contributed by atoms with Gasteiger partial charge in [-0.3, -0.25) is 0 Å². The Bertz CT molecular complexity index is 220. The monoisotopic (exact) mass is 140 g/mol. The predicted octanol–water partition coefficient (Wildman–Crippen LogP) is -0.239. The Kier molecular flexibility index (Phi) is 2.72. The molecule has 0 aliphatic heterocycles. The minimum atomic E-state index is -1.70. The summed E-state index contributed by atoms with van der Waals surface area (Å²) >= 11 is 0. The molecule has 0 atom stereocenters. The Morgan fingerprint density at radius 2 is 2.10 bits per heavy atom. The van der Waals surface area contributed by atoms with Crippen molar-refractivity contribution in [1.29, 1.82) is 0 Å². The molecule has 0 saturated carbocycles. The van der Waals surface area contributed by atoms with Crippen molar-refractivity contribution in [1.82, 2.24) is 0 Å². The van der Waals surface area contributed by atoms with Crippen molar-refractivity contribution in [3.05, 3.63) is 12.3 Å². The summed E-state index contributed by atoms with van der Waals surface area (Å²) in [5.41, 5.74) is 0. The molecule has 0 aromatic carbocycles. The van der Waals surface area contributed by atoms with E-state index in [1.807, 2.05) is 5.92 Å². The molecule has 0 saturated heterocycles. The van der Waals surface area contributed by atoms with E-state index < -0.39 is 11.9 Å². The standard InChI is InChI=1S/C6H4O4/c1-3-4(2)10-6(9)5(7)8/h1H,2H2,(H,7,8). The number of esters is 1. The molecular formula is C6H4O4. The van der Waals surface area contributed by atoms with Gasteiger partial charge in [-0.2, -0.15) is 0 Å². The van der Waals surface area contributed by atoms with Crippen molar-refractivity contribution in [2.75, 3.05) is 0 Å². The highest BCUT2D eigenvalue weighted by atomic mass is 16.6. The third-order valence-electron chi connectivity index (χ3n) is 0.552. The largest absolute Gasteiger partial charge is 0.473 e. The maximum atomic E-state index is 10.1. The number of ether oxygens (including phenoxy) is 1. The topological polar surface area (TPSA) is 63.6 Å². The molecule has 0 aromatic rings. The van der Waals surface area contributed by atoms with Crippen molar-refractivity contribution < 1.29 is 19.4 Å². The fraction of sp³-hybridized carbons (Fsp3) is 0. The molecule has 0 amide bonds. The van der Waals surface area contributed by atoms with Gasteiger partial charge < -0.3 is 9.84 Å². The van der Waals surface area contributed by atoms with Crippen LogP contribution in [0, 0.1) is 12.3 Å². The molecule has 0 aliphatic rings. The molecular weight excluding hydrogens is 136 g/mol. The van der Waals surface area contributed by atoms with Crippen molar-refractivity contribution >= 4 is 11.9 Å². The summed E-state index contributed by atoms with van der Waals surface area (Å²) in [5, 5.41) is 7.94. The maximum absolute atomic E-state index is 10.1. The number of terminal acetylenes is 1. The second kappa shape index (κ2) is 3.30. The van der Waals surface area contributed by atoms with E-state index in [2.05, 4.69) is 11.3 Å². The van der Waals surface area contributed by atoms with Gasteiger partial charge in [-0.05, 0) is 12.5 Å². The van der Waals surface area contributed by atoms with E-state index in [-0.39, 0.29) is 5.76 Å². The third-order valence-corrected chi connectivity index (χ3v) is 0.552. The zero-order chi connectivity index (χ0) is 8.15. The van der Waals surface area contributed by atoms with Gasteiger partial charge in [0.25, 0.3) is 0 Å². The maximum Gasteiger partial charge on any atom is 0.423 e. The number of allylic oxidation sites excluding steroid dienone is 1. The number of carbonyl (C=O) groups excluding carboxylic acids is 1. The first-order valence-corrected chi connectivity index (χ1v) is 2.18. The van der Waals surface area contributed by atoms with Crippen LogP contribution in [0.1, 0.15) is 0 Å². The second-order valence-corrected chi connectivity index (χ2v) is 1.26. The SMILES string of the molecule is C#CC(=C)OC(=O)C(=O)O. The average molecular weight is 140 g/mol. The van der Waals surface area contributed by atoms with Crippen molar-refractivity contribution in [3.63, 3.8) is 0 Å². The first-order valence-electron chi connectivity index (χ1n) is 2.18. The molecule has 0 rings (SSSR count). The van der Waals surface area contributed by atoms with Crippen LogP contribution in [0.2, 0.25) is 0 Å². The predicted molar refractivity (Wildman–Crippen MR) is 31.7 cm³/mol. The van der Waals surface area contributed by atoms with Crippen LogP contribution in [0.4, 0.5) is 0 Å². The van der Waals surface area contributed by atoms with E-state index in [9.17, 15) is 9.59 Å². The Labute approximate surface area is 57.1 Å². The van der Waals surface area contributed by atoms with Crippen LogP contribution in [0.5, 0.6) is 0 Å². The lowest BCUT2D eigenvalue weighted by Crippen LogP contribution is -2.15. The number of rotatable bonds is 1. The highest BCUT2D eigenvalue weighted by molar-refractivity contribution is 6.29. The Morgan fingerprint density at radius 1 is 1.60 bits per heavy atom. The van der Waals surface area contributed by atoms with Crippen LogP contribution in [-0.4, -0.2) is 17.0 Å². The van der Waals surface area contributed by atoms with E-state index in [0.717, 1.165) is 0 Å². The summed E-state index contributed by atoms with van der Waals surface area (Å²) in [4.78, 5) is 19.9. The van der Waals surface area contributed by atoms with Gasteiger partial charge in [-0.15, -0.1) is 6.42 Å². The van der Waals surface area contributed by atoms with E-state index in [0.29, 0.717) is 0 Å². The summed E-state index contributed by atoms with van der Waals surface area (Å²) < 4.78 is 3.99. The van der Waals surface area contributed by atoms with E-state index in [1.165, 1.54) is 0 Å². The average Bonchev–Trinajstić information content (AvgIpc) is 1.87. The molecule has 0 aromatic heterocycles. The lowest BCUT2D eigenvalue weighted by molar-refractivity contribution is -0.160. The quantitative estimate of drug-likeness (QED) is 0.236. The summed E-state index contributed by atoms with van der Waals surface area (Å²) in [6, 6.07) is 0. The lowest BCUT2D eigenvalue weighted by Gasteiger charge is -1.94. The zero-order valence-corrected chi connectivity index (χ0v) is 4.96. The fourth-order valence-corrected chi connectivity index (χ4v) is 0.185. The van der Waals surface area contributed by atoms with Gasteiger partial charge in [0.2, 0.25) is 0 Å². The van der Waals surface area contributed by atoms with Crippen molar-refractivity contribution in [2.45, 2.75) is 0 Å². The van der Waals surface area contributed by atoms with E-state index in [4.69, 9.17) is 11.5 Å². The Balaban J connectivity index is 3.96. The van der Waals surface area contributed by atoms with Gasteiger partial charge >= 0.3 is 11.9 Å². The number of aliphatic carboxylic acids is 1. The third kappa shape index (κ3) is 2.52. The first-order chi connectivity index (χ1) is 4.57. The summed E-state index contributed by atoms with van der Waals surface area (Å²) in [5.74, 6) is -1.59. The molecule has 4 nitrogen and oxygen atoms in total. The molecule has 1 N–H and O–H groups in total. The number of carboxylic acid groups (broad SMARTS) is 1. The molecule has 52 valence electrons. The highest BCUT2D eigenvalue weighted by Gasteiger charge is 2.13. The van der Waals surface area contributed by atoms with Crippen LogP contribution < -0.4 is 0 Å². The normalized spacial score (nSPS) is 7.50. The molecule has 10 heavy (non-hydrogen) atoms. The van der Waals surface area contributed by atoms with Crippen LogP contribution in [0.15, 0.2) is 12.3 Å². The number of carbonyl (C=O) groups is 2. The Hall–Kier alpha value is -1.76. The van der Waals surface area contributed by atoms with Crippen LogP contribution in [-0.2, 0) is 14.3 Å². The molecule has 0 radical (unpaired) electrons. The molecule has 0 bridgehead atoms. The molecule has 0 unspecified atom stereocenters. The van der Waals surface area contributed by atoms with Crippen molar-refractivity contribution in [3.8, 4) is 12.3 Å². The molecule has 0 heterocycles. The minimum absolute atomic E-state index is 0.313. The molecule has 4 heteroatoms. The highest BCUT2D eigenvalue weighted by Crippen LogP contribution is 1.90. The smallest absolute Gasteiger partial charge is 0.423 e. The summed E-state index contributed by atoms with van der Waals surface area (Å²) in [7, 11) is 0. The summed E-state index contributed by atoms with van der Waals surface area (Å²) in [6.45, 7) is 3.05. The van der Waals surface area contributed by atoms with Gasteiger partial charge in [0.15, 0.2) is 5.76 Å². The van der Waals surface area contributed by atoms with Crippen molar-refractivity contribution in [2.24, 2.45) is 0 Å². The van der Waals surface area contributed by atoms with Gasteiger partial charge in [0.1, 0.15) is 0 Å². The minimum Gasteiger partial charge on any atom is -0.473 e. The van der Waals surface area contributed by atoms with Crippen LogP contribution in [0.25, 0.3) is 0 Å². The first kappa shape index (κ1) is 8.24. The zero-order valence-electron chi connectivity index (χ0n) is 4.96. The number of hydrogen-bond donors (Lipinski definition) is 1. The van der Waals surface area contributed by atoms with E-state index >= 15 is 0 Å². The van der Waals surface area contributed by atoms with Gasteiger partial charge in [-0.25, -0.2) is 9.59 Å². The number of carboxylic acids is 1. The molecule has 0 aliphatic carbocycles. The van der Waals surface area contributed by atoms with Crippen LogP contribution in [0.3, 0.4) is 0 Å². The van der Waals surface area contributed by atoms with Crippen LogP contribution >= 0.6 is 0 Å². The molecule has 0 fully saturated rings. The molecule has 0 spiro atoms. The van der Waals surface area contributed by atoms with Gasteiger partial charge in [0, 0.05) is 0 Å². The fourth-order valence-electron chi connectivity index (χ4n) is 0.185. The van der Waals surface area contributed by atoms with Gasteiger partial charge in [-0.1, -0.05) is 0 Å². The lowest BCUT2D eigenvalue weighted by atomic mass is 10.6. The summed E-state index contributed by atoms with van der Waals surface area (Å²) in [6.07, 6.45) is 4.70. The number of hydrogen-bond acceptors (Lipinski definition) is 3. The van der Waals surface area contributed by atoms with Gasteiger partial charge in [0.05, 0.1) is 0 Å². The second-order valence-electron chi connectivity index (χ2n) is 1.26. The Morgan fingerprint density at radius 3 is 2.40 bits per heavy atom. The van der Waals surface area contributed by atoms with E-state index in [1.54, 1.807) is 0 Å².